The van der Waals surface area contributed by atoms with E-state index in [1.165, 1.54) is 48.5 Å². The number of esters is 2. The summed E-state index contributed by atoms with van der Waals surface area (Å²) in [6.45, 7) is 0. The van der Waals surface area contributed by atoms with Crippen molar-refractivity contribution in [3.63, 3.8) is 0 Å². The third kappa shape index (κ3) is 8.08. The minimum absolute atomic E-state index is 0.0831. The van der Waals surface area contributed by atoms with Crippen molar-refractivity contribution >= 4 is 23.9 Å². The van der Waals surface area contributed by atoms with Gasteiger partial charge in [-0.25, -0.2) is 19.2 Å². The lowest BCUT2D eigenvalue weighted by Crippen LogP contribution is -2.20. The zero-order chi connectivity index (χ0) is 25.9. The van der Waals surface area contributed by atoms with E-state index in [0.29, 0.717) is 12.8 Å². The molecule has 0 radical (unpaired) electrons. The van der Waals surface area contributed by atoms with Crippen LogP contribution in [-0.4, -0.2) is 46.3 Å². The highest BCUT2D eigenvalue weighted by Gasteiger charge is 2.18. The summed E-state index contributed by atoms with van der Waals surface area (Å²) in [6.07, 6.45) is 9.63. The van der Waals surface area contributed by atoms with E-state index in [0.717, 1.165) is 38.5 Å². The predicted molar refractivity (Wildman–Crippen MR) is 131 cm³/mol. The van der Waals surface area contributed by atoms with Gasteiger partial charge in [0.2, 0.25) is 0 Å². The molecule has 3 rings (SSSR count). The molecule has 2 aromatic carbocycles. The first-order chi connectivity index (χ1) is 17.3. The van der Waals surface area contributed by atoms with Crippen molar-refractivity contribution in [1.82, 2.24) is 0 Å². The van der Waals surface area contributed by atoms with Crippen molar-refractivity contribution in [1.29, 1.82) is 0 Å². The molecule has 0 aliphatic heterocycles. The summed E-state index contributed by atoms with van der Waals surface area (Å²) in [7, 11) is 0. The Morgan fingerprint density at radius 2 is 0.833 bits per heavy atom. The van der Waals surface area contributed by atoms with Gasteiger partial charge in [0, 0.05) is 0 Å². The first kappa shape index (κ1) is 26.7. The first-order valence-electron chi connectivity index (χ1n) is 12.1. The van der Waals surface area contributed by atoms with Crippen LogP contribution in [0.15, 0.2) is 60.7 Å². The fourth-order valence-corrected chi connectivity index (χ4v) is 3.94. The van der Waals surface area contributed by atoms with Crippen molar-refractivity contribution in [3.05, 3.63) is 82.9 Å². The fraction of sp³-hybridized carbons (Fsp3) is 0.357. The zero-order valence-electron chi connectivity index (χ0n) is 19.9. The molecule has 2 unspecified atom stereocenters. The van der Waals surface area contributed by atoms with E-state index < -0.39 is 36.1 Å². The van der Waals surface area contributed by atoms with Gasteiger partial charge in [0.1, 0.15) is 12.2 Å². The average Bonchev–Trinajstić information content (AvgIpc) is 2.87. The lowest BCUT2D eigenvalue weighted by atomic mass is 10.0. The molecule has 0 heterocycles. The molecule has 2 atom stereocenters. The number of ether oxygens (including phenoxy) is 2. The molecule has 0 amide bonds. The van der Waals surface area contributed by atoms with Crippen LogP contribution in [0.4, 0.5) is 0 Å². The van der Waals surface area contributed by atoms with Gasteiger partial charge in [-0.1, -0.05) is 25.7 Å². The van der Waals surface area contributed by atoms with Crippen LogP contribution < -0.4 is 0 Å². The predicted octanol–water partition coefficient (Wildman–Crippen LogP) is 5.52. The molecule has 1 aliphatic carbocycles. The molecule has 0 aromatic heterocycles. The summed E-state index contributed by atoms with van der Waals surface area (Å²) >= 11 is 0. The molecule has 0 saturated heterocycles. The van der Waals surface area contributed by atoms with Gasteiger partial charge >= 0.3 is 23.9 Å². The number of carboxylic acids is 2. The van der Waals surface area contributed by atoms with E-state index in [1.807, 2.05) is 0 Å². The summed E-state index contributed by atoms with van der Waals surface area (Å²) < 4.78 is 11.4. The number of aromatic carboxylic acids is 2. The molecule has 2 N–H and O–H groups in total. The van der Waals surface area contributed by atoms with Gasteiger partial charge < -0.3 is 19.7 Å². The van der Waals surface area contributed by atoms with Crippen LogP contribution in [0.25, 0.3) is 0 Å². The highest BCUT2D eigenvalue weighted by atomic mass is 16.5. The topological polar surface area (TPSA) is 127 Å². The molecule has 0 spiro atoms. The van der Waals surface area contributed by atoms with Crippen molar-refractivity contribution in [2.75, 3.05) is 0 Å². The highest BCUT2D eigenvalue weighted by molar-refractivity contribution is 5.93. The van der Waals surface area contributed by atoms with E-state index in [2.05, 4.69) is 0 Å². The molecular weight excluding hydrogens is 464 g/mol. The molecule has 2 aromatic rings. The second kappa shape index (κ2) is 13.2. The lowest BCUT2D eigenvalue weighted by Gasteiger charge is -2.19. The quantitative estimate of drug-likeness (QED) is 0.397. The number of carboxylic acid groups (broad SMARTS) is 2. The number of hydrogen-bond acceptors (Lipinski definition) is 6. The molecule has 1 aliphatic rings. The maximum absolute atomic E-state index is 12.7. The maximum Gasteiger partial charge on any atom is 0.338 e. The van der Waals surface area contributed by atoms with Crippen molar-refractivity contribution in [2.45, 2.75) is 63.6 Å². The van der Waals surface area contributed by atoms with Crippen LogP contribution in [-0.2, 0) is 9.47 Å². The maximum atomic E-state index is 12.7. The van der Waals surface area contributed by atoms with Gasteiger partial charge in [-0.15, -0.1) is 0 Å². The second-order valence-electron chi connectivity index (χ2n) is 8.74. The Balaban J connectivity index is 1.70. The molecule has 190 valence electrons. The van der Waals surface area contributed by atoms with Crippen LogP contribution in [0.2, 0.25) is 0 Å². The molecular formula is C28H30O8. The largest absolute Gasteiger partial charge is 0.478 e. The van der Waals surface area contributed by atoms with Crippen LogP contribution in [0.3, 0.4) is 0 Å². The van der Waals surface area contributed by atoms with Crippen molar-refractivity contribution in [2.24, 2.45) is 0 Å². The number of carbonyl (C=O) groups excluding carboxylic acids is 2. The van der Waals surface area contributed by atoms with Crippen molar-refractivity contribution < 1.29 is 38.9 Å². The van der Waals surface area contributed by atoms with Crippen LogP contribution in [0, 0.1) is 0 Å². The van der Waals surface area contributed by atoms with Gasteiger partial charge in [-0.2, -0.15) is 0 Å². The number of carbonyl (C=O) groups is 4. The van der Waals surface area contributed by atoms with Crippen LogP contribution in [0.5, 0.6) is 0 Å². The number of benzene rings is 2. The Hall–Kier alpha value is -3.94. The molecule has 8 nitrogen and oxygen atoms in total. The molecule has 0 fully saturated rings. The Kier molecular flexibility index (Phi) is 9.80. The third-order valence-electron chi connectivity index (χ3n) is 6.02. The minimum Gasteiger partial charge on any atom is -0.478 e. The Morgan fingerprint density at radius 3 is 1.17 bits per heavy atom. The molecule has 0 bridgehead atoms. The molecule has 0 saturated carbocycles. The monoisotopic (exact) mass is 494 g/mol. The summed E-state index contributed by atoms with van der Waals surface area (Å²) in [5.41, 5.74) is 0.680. The minimum atomic E-state index is -1.07. The van der Waals surface area contributed by atoms with E-state index in [4.69, 9.17) is 19.7 Å². The second-order valence-corrected chi connectivity index (χ2v) is 8.74. The van der Waals surface area contributed by atoms with Gasteiger partial charge in [0.25, 0.3) is 0 Å². The Labute approximate surface area is 209 Å². The standard InChI is InChI=1S/C28H30O8/c29-25(30)19-9-13-21(14-10-19)27(33)35-23-7-5-3-1-2-4-6-8-24(18-17-23)36-28(34)22-15-11-20(12-16-22)26(31)32/h9-18,23-24H,1-8H2,(H,29,30)(H,31,32)/b18-17+. The lowest BCUT2D eigenvalue weighted by molar-refractivity contribution is 0.0333. The van der Waals surface area contributed by atoms with Crippen LogP contribution >= 0.6 is 0 Å². The zero-order valence-corrected chi connectivity index (χ0v) is 19.9. The van der Waals surface area contributed by atoms with E-state index in [9.17, 15) is 19.2 Å². The average molecular weight is 495 g/mol. The Bertz CT molecular complexity index is 998. The van der Waals surface area contributed by atoms with Crippen molar-refractivity contribution in [3.8, 4) is 0 Å². The van der Waals surface area contributed by atoms with Gasteiger partial charge in [0.15, 0.2) is 0 Å². The molecule has 8 heteroatoms. The first-order valence-corrected chi connectivity index (χ1v) is 12.1. The number of rotatable bonds is 6. The fourth-order valence-electron chi connectivity index (χ4n) is 3.94. The highest BCUT2D eigenvalue weighted by Crippen LogP contribution is 2.19. The third-order valence-corrected chi connectivity index (χ3v) is 6.02. The Morgan fingerprint density at radius 1 is 0.528 bits per heavy atom. The summed E-state index contributed by atoms with van der Waals surface area (Å²) in [6, 6.07) is 11.1. The summed E-state index contributed by atoms with van der Waals surface area (Å²) in [5.74, 6) is -3.26. The van der Waals surface area contributed by atoms with E-state index in [1.54, 1.807) is 12.2 Å². The smallest absolute Gasteiger partial charge is 0.338 e. The summed E-state index contributed by atoms with van der Waals surface area (Å²) in [4.78, 5) is 47.4. The van der Waals surface area contributed by atoms with E-state index >= 15 is 0 Å². The molecule has 36 heavy (non-hydrogen) atoms. The van der Waals surface area contributed by atoms with Gasteiger partial charge in [0.05, 0.1) is 22.3 Å². The summed E-state index contributed by atoms with van der Waals surface area (Å²) in [5, 5.41) is 18.1. The van der Waals surface area contributed by atoms with Gasteiger partial charge in [-0.3, -0.25) is 0 Å². The number of hydrogen-bond donors (Lipinski definition) is 2. The van der Waals surface area contributed by atoms with Gasteiger partial charge in [-0.05, 0) is 86.4 Å². The van der Waals surface area contributed by atoms with Crippen LogP contribution in [0.1, 0.15) is 92.8 Å². The SMILES string of the molecule is O=C(O)c1ccc(C(=O)OC2/C=C/C(OC(=O)c3ccc(C(=O)O)cc3)CCCCCCCC2)cc1. The van der Waals surface area contributed by atoms with E-state index in [-0.39, 0.29) is 22.3 Å². The normalized spacial score (nSPS) is 19.7.